The molecule has 0 spiro atoms. The van der Waals surface area contributed by atoms with Crippen LogP contribution in [0.25, 0.3) is 0 Å². The third-order valence-corrected chi connectivity index (χ3v) is 4.81. The van der Waals surface area contributed by atoms with Crippen LogP contribution in [0.4, 0.5) is 15.9 Å². The molecule has 0 aliphatic rings. The molecule has 1 aromatic carbocycles. The van der Waals surface area contributed by atoms with Crippen LogP contribution in [0.5, 0.6) is 5.75 Å². The van der Waals surface area contributed by atoms with Crippen LogP contribution in [0.3, 0.4) is 0 Å². The molecule has 3 N–H and O–H groups in total. The first kappa shape index (κ1) is 22.9. The van der Waals surface area contributed by atoms with Gasteiger partial charge < -0.3 is 14.9 Å². The number of aromatic nitrogens is 2. The standard InChI is InChI=1S/C22H25FN4O5/c1-2-3-11-26-20(24)19(21(29)25-22(26)30)27(14-17-5-4-12-31-17)18(28)10-13-32-16-8-6-15(23)7-9-16/h4-9,12H,2-3,10-11,13-14,24H2,1H3,(H,25,29,30). The number of hydrogen-bond acceptors (Lipinski definition) is 6. The van der Waals surface area contributed by atoms with E-state index in [-0.39, 0.29) is 31.1 Å². The number of halogens is 1. The number of nitrogen functional groups attached to an aromatic ring is 1. The van der Waals surface area contributed by atoms with Crippen LogP contribution in [0.2, 0.25) is 0 Å². The molecule has 0 aliphatic heterocycles. The first-order valence-electron chi connectivity index (χ1n) is 10.2. The SMILES string of the molecule is CCCCn1c(N)c(N(Cc2ccco2)C(=O)CCOc2ccc(F)cc2)c(=O)[nH]c1=O. The van der Waals surface area contributed by atoms with Gasteiger partial charge in [-0.25, -0.2) is 9.18 Å². The minimum absolute atomic E-state index is 0.00754. The summed E-state index contributed by atoms with van der Waals surface area (Å²) in [6.45, 7) is 2.21. The number of anilines is 2. The maximum absolute atomic E-state index is 13.1. The van der Waals surface area contributed by atoms with E-state index in [1.807, 2.05) is 6.92 Å². The van der Waals surface area contributed by atoms with E-state index in [2.05, 4.69) is 4.98 Å². The molecule has 0 saturated carbocycles. The lowest BCUT2D eigenvalue weighted by molar-refractivity contribution is -0.119. The largest absolute Gasteiger partial charge is 0.493 e. The Labute approximate surface area is 183 Å². The van der Waals surface area contributed by atoms with Gasteiger partial charge in [0, 0.05) is 6.54 Å². The molecule has 0 bridgehead atoms. The zero-order valence-corrected chi connectivity index (χ0v) is 17.7. The molecular formula is C22H25FN4O5. The first-order valence-corrected chi connectivity index (χ1v) is 10.2. The minimum Gasteiger partial charge on any atom is -0.493 e. The number of ether oxygens (including phenoxy) is 1. The number of hydrogen-bond donors (Lipinski definition) is 2. The zero-order chi connectivity index (χ0) is 23.1. The molecule has 0 fully saturated rings. The van der Waals surface area contributed by atoms with Crippen LogP contribution in [0.1, 0.15) is 31.9 Å². The van der Waals surface area contributed by atoms with Gasteiger partial charge in [0.25, 0.3) is 5.56 Å². The summed E-state index contributed by atoms with van der Waals surface area (Å²) >= 11 is 0. The Morgan fingerprint density at radius 3 is 2.66 bits per heavy atom. The van der Waals surface area contributed by atoms with Crippen molar-refractivity contribution in [3.8, 4) is 5.75 Å². The van der Waals surface area contributed by atoms with Gasteiger partial charge >= 0.3 is 5.69 Å². The molecule has 32 heavy (non-hydrogen) atoms. The van der Waals surface area contributed by atoms with Crippen LogP contribution in [-0.4, -0.2) is 22.1 Å². The number of nitrogens with two attached hydrogens (primary N) is 1. The van der Waals surface area contributed by atoms with E-state index >= 15 is 0 Å². The van der Waals surface area contributed by atoms with Gasteiger partial charge in [0.15, 0.2) is 5.69 Å². The van der Waals surface area contributed by atoms with E-state index < -0.39 is 23.0 Å². The number of unbranched alkanes of at least 4 members (excludes halogenated alkanes) is 1. The second kappa shape index (κ2) is 10.5. The molecule has 3 rings (SSSR count). The molecule has 2 heterocycles. The van der Waals surface area contributed by atoms with Gasteiger partial charge in [-0.05, 0) is 42.8 Å². The monoisotopic (exact) mass is 444 g/mol. The summed E-state index contributed by atoms with van der Waals surface area (Å²) in [4.78, 5) is 41.4. The van der Waals surface area contributed by atoms with Crippen LogP contribution >= 0.6 is 0 Å². The molecule has 10 heteroatoms. The molecule has 0 unspecified atom stereocenters. The number of carbonyl (C=O) groups excluding carboxylic acids is 1. The third kappa shape index (κ3) is 5.45. The molecule has 0 saturated heterocycles. The average molecular weight is 444 g/mol. The first-order chi connectivity index (χ1) is 15.4. The zero-order valence-electron chi connectivity index (χ0n) is 17.7. The molecule has 170 valence electrons. The van der Waals surface area contributed by atoms with Gasteiger partial charge in [-0.1, -0.05) is 13.3 Å². The van der Waals surface area contributed by atoms with Crippen LogP contribution in [-0.2, 0) is 17.9 Å². The number of furan rings is 1. The van der Waals surface area contributed by atoms with Crippen molar-refractivity contribution in [2.75, 3.05) is 17.2 Å². The van der Waals surface area contributed by atoms with Crippen molar-refractivity contribution < 1.29 is 18.3 Å². The number of rotatable bonds is 10. The van der Waals surface area contributed by atoms with Gasteiger partial charge in [0.1, 0.15) is 23.1 Å². The number of benzene rings is 1. The molecule has 2 aromatic heterocycles. The third-order valence-electron chi connectivity index (χ3n) is 4.81. The Morgan fingerprint density at radius 1 is 1.25 bits per heavy atom. The van der Waals surface area contributed by atoms with Crippen LogP contribution in [0.15, 0.2) is 56.7 Å². The molecular weight excluding hydrogens is 419 g/mol. The number of aromatic amines is 1. The van der Waals surface area contributed by atoms with E-state index in [1.54, 1.807) is 12.1 Å². The second-order valence-corrected chi connectivity index (χ2v) is 7.11. The normalized spacial score (nSPS) is 10.8. The van der Waals surface area contributed by atoms with Crippen molar-refractivity contribution >= 4 is 17.4 Å². The lowest BCUT2D eigenvalue weighted by atomic mass is 10.2. The van der Waals surface area contributed by atoms with Gasteiger partial charge in [-0.3, -0.25) is 24.0 Å². The molecule has 0 aliphatic carbocycles. The number of H-pyrrole nitrogens is 1. The quantitative estimate of drug-likeness (QED) is 0.496. The second-order valence-electron chi connectivity index (χ2n) is 7.11. The maximum Gasteiger partial charge on any atom is 0.330 e. The van der Waals surface area contributed by atoms with E-state index in [0.29, 0.717) is 24.5 Å². The summed E-state index contributed by atoms with van der Waals surface area (Å²) in [6.07, 6.45) is 2.85. The summed E-state index contributed by atoms with van der Waals surface area (Å²) in [5, 5.41) is 0. The predicted molar refractivity (Wildman–Crippen MR) is 117 cm³/mol. The molecule has 1 amide bonds. The fraction of sp³-hybridized carbons (Fsp3) is 0.318. The van der Waals surface area contributed by atoms with E-state index in [0.717, 1.165) is 6.42 Å². The van der Waals surface area contributed by atoms with Crippen molar-refractivity contribution in [2.24, 2.45) is 0 Å². The van der Waals surface area contributed by atoms with Crippen molar-refractivity contribution in [3.05, 3.63) is 75.1 Å². The highest BCUT2D eigenvalue weighted by Gasteiger charge is 2.25. The van der Waals surface area contributed by atoms with E-state index in [9.17, 15) is 18.8 Å². The fourth-order valence-electron chi connectivity index (χ4n) is 3.15. The number of amides is 1. The van der Waals surface area contributed by atoms with Crippen LogP contribution in [0, 0.1) is 5.82 Å². The van der Waals surface area contributed by atoms with Crippen molar-refractivity contribution in [2.45, 2.75) is 39.3 Å². The number of nitrogens with zero attached hydrogens (tertiary/aromatic N) is 2. The Bertz CT molecular complexity index is 1150. The van der Waals surface area contributed by atoms with Crippen LogP contribution < -0.4 is 26.6 Å². The highest BCUT2D eigenvalue weighted by atomic mass is 19.1. The van der Waals surface area contributed by atoms with Crippen molar-refractivity contribution in [1.82, 2.24) is 9.55 Å². The maximum atomic E-state index is 13.1. The summed E-state index contributed by atoms with van der Waals surface area (Å²) in [5.74, 6) is -0.107. The molecule has 3 aromatic rings. The molecule has 0 radical (unpaired) electrons. The van der Waals surface area contributed by atoms with E-state index in [1.165, 1.54) is 40.0 Å². The van der Waals surface area contributed by atoms with Gasteiger partial charge in [0.05, 0.1) is 25.8 Å². The minimum atomic E-state index is -0.764. The Morgan fingerprint density at radius 2 is 2.00 bits per heavy atom. The highest BCUT2D eigenvalue weighted by Crippen LogP contribution is 2.21. The highest BCUT2D eigenvalue weighted by molar-refractivity contribution is 5.95. The number of carbonyl (C=O) groups is 1. The molecule has 0 atom stereocenters. The predicted octanol–water partition coefficient (Wildman–Crippen LogP) is 2.65. The Hall–Kier alpha value is -3.82. The fourth-order valence-corrected chi connectivity index (χ4v) is 3.15. The Kier molecular flexibility index (Phi) is 7.48. The lowest BCUT2D eigenvalue weighted by Gasteiger charge is -2.24. The smallest absolute Gasteiger partial charge is 0.330 e. The van der Waals surface area contributed by atoms with Gasteiger partial charge in [0.2, 0.25) is 5.91 Å². The summed E-state index contributed by atoms with van der Waals surface area (Å²) in [7, 11) is 0. The van der Waals surface area contributed by atoms with Gasteiger partial charge in [-0.2, -0.15) is 0 Å². The van der Waals surface area contributed by atoms with E-state index in [4.69, 9.17) is 14.9 Å². The topological polar surface area (TPSA) is 124 Å². The molecule has 9 nitrogen and oxygen atoms in total. The van der Waals surface area contributed by atoms with Gasteiger partial charge in [-0.15, -0.1) is 0 Å². The van der Waals surface area contributed by atoms with Crippen molar-refractivity contribution in [3.63, 3.8) is 0 Å². The summed E-state index contributed by atoms with van der Waals surface area (Å²) < 4.78 is 25.1. The number of nitrogens with one attached hydrogen (secondary N) is 1. The summed E-state index contributed by atoms with van der Waals surface area (Å²) in [6, 6.07) is 8.72. The average Bonchev–Trinajstić information content (AvgIpc) is 3.27. The van der Waals surface area contributed by atoms with Crippen molar-refractivity contribution in [1.29, 1.82) is 0 Å². The summed E-state index contributed by atoms with van der Waals surface area (Å²) in [5.41, 5.74) is 4.66. The Balaban J connectivity index is 1.87. The lowest BCUT2D eigenvalue weighted by Crippen LogP contribution is -2.41.